The first-order chi connectivity index (χ1) is 19.2. The lowest BCUT2D eigenvalue weighted by atomic mass is 10.1. The Hall–Kier alpha value is -4.00. The monoisotopic (exact) mass is 561 g/mol. The van der Waals surface area contributed by atoms with E-state index in [4.69, 9.17) is 10.7 Å². The summed E-state index contributed by atoms with van der Waals surface area (Å²) in [5.74, 6) is 1.54. The predicted octanol–water partition coefficient (Wildman–Crippen LogP) is 3.18. The van der Waals surface area contributed by atoms with Crippen molar-refractivity contribution in [3.63, 3.8) is 0 Å². The molecule has 2 fully saturated rings. The summed E-state index contributed by atoms with van der Waals surface area (Å²) >= 11 is 0. The van der Waals surface area contributed by atoms with Crippen LogP contribution in [0.3, 0.4) is 0 Å². The van der Waals surface area contributed by atoms with E-state index in [9.17, 15) is 13.2 Å². The second kappa shape index (κ2) is 9.88. The van der Waals surface area contributed by atoms with E-state index in [1.807, 2.05) is 13.8 Å². The van der Waals surface area contributed by atoms with Gasteiger partial charge >= 0.3 is 0 Å². The molecule has 0 aromatic carbocycles. The first-order valence-electron chi connectivity index (χ1n) is 13.5. The third kappa shape index (κ3) is 4.89. The standard InChI is InChI=1S/C27H31N9O3S/c1-4-40(38,39)19-10-9-18(29-12-19)11-30-24-26(37)36(15(3)16-5-6-16)25-20(33-24)13-31-23(35-25)21-14(2)32-27(28)34-22(21)17-7-8-17/h9-10,12-13,15-17H,4-8,11H2,1-3H3,(H,30,33)(H2,28,32,34). The third-order valence-corrected chi connectivity index (χ3v) is 9.36. The van der Waals surface area contributed by atoms with Gasteiger partial charge in [-0.25, -0.2) is 33.3 Å². The van der Waals surface area contributed by atoms with Gasteiger partial charge in [-0.2, -0.15) is 0 Å². The van der Waals surface area contributed by atoms with Crippen LogP contribution in [-0.2, 0) is 16.4 Å². The number of fused-ring (bicyclic) bond motifs is 1. The van der Waals surface area contributed by atoms with Gasteiger partial charge in [0.25, 0.3) is 5.56 Å². The van der Waals surface area contributed by atoms with Crippen LogP contribution in [-0.4, -0.2) is 48.6 Å². The molecule has 0 spiro atoms. The van der Waals surface area contributed by atoms with Crippen LogP contribution in [0.25, 0.3) is 22.6 Å². The summed E-state index contributed by atoms with van der Waals surface area (Å²) < 4.78 is 25.9. The number of hydrogen-bond donors (Lipinski definition) is 2. The van der Waals surface area contributed by atoms with Crippen molar-refractivity contribution < 1.29 is 8.42 Å². The Balaban J connectivity index is 1.39. The smallest absolute Gasteiger partial charge is 0.295 e. The molecule has 4 aromatic heterocycles. The molecule has 0 aliphatic heterocycles. The number of nitrogen functional groups attached to an aromatic ring is 1. The summed E-state index contributed by atoms with van der Waals surface area (Å²) in [4.78, 5) is 41.2. The van der Waals surface area contributed by atoms with Crippen LogP contribution in [0.5, 0.6) is 0 Å². The van der Waals surface area contributed by atoms with E-state index >= 15 is 0 Å². The number of nitrogens with zero attached hydrogens (tertiary/aromatic N) is 7. The molecule has 1 unspecified atom stereocenters. The maximum Gasteiger partial charge on any atom is 0.295 e. The van der Waals surface area contributed by atoms with Gasteiger partial charge in [0.15, 0.2) is 27.1 Å². The zero-order valence-corrected chi connectivity index (χ0v) is 23.4. The number of pyridine rings is 1. The molecular weight excluding hydrogens is 530 g/mol. The number of nitrogens with two attached hydrogens (primary N) is 1. The molecule has 208 valence electrons. The van der Waals surface area contributed by atoms with Gasteiger partial charge in [0.2, 0.25) is 5.95 Å². The highest BCUT2D eigenvalue weighted by atomic mass is 32.2. The number of rotatable bonds is 9. The van der Waals surface area contributed by atoms with Crippen molar-refractivity contribution in [1.29, 1.82) is 0 Å². The fourth-order valence-electron chi connectivity index (χ4n) is 4.99. The molecular formula is C27H31N9O3S. The molecule has 0 saturated heterocycles. The molecule has 4 heterocycles. The van der Waals surface area contributed by atoms with Crippen molar-refractivity contribution in [2.45, 2.75) is 69.9 Å². The lowest BCUT2D eigenvalue weighted by molar-refractivity contribution is 0.482. The average Bonchev–Trinajstić information content (AvgIpc) is 3.85. The fraction of sp³-hybridized carbons (Fsp3) is 0.444. The highest BCUT2D eigenvalue weighted by molar-refractivity contribution is 7.91. The molecule has 0 radical (unpaired) electrons. The molecule has 2 aliphatic rings. The molecule has 6 rings (SSSR count). The molecule has 2 saturated carbocycles. The summed E-state index contributed by atoms with van der Waals surface area (Å²) in [6.45, 7) is 5.69. The van der Waals surface area contributed by atoms with E-state index in [1.54, 1.807) is 23.8 Å². The molecule has 0 amide bonds. The molecule has 2 aliphatic carbocycles. The minimum absolute atomic E-state index is 0.00259. The number of anilines is 2. The van der Waals surface area contributed by atoms with Crippen molar-refractivity contribution >= 4 is 32.8 Å². The minimum atomic E-state index is -3.34. The van der Waals surface area contributed by atoms with Crippen molar-refractivity contribution in [2.24, 2.45) is 5.92 Å². The van der Waals surface area contributed by atoms with Crippen LogP contribution < -0.4 is 16.6 Å². The van der Waals surface area contributed by atoms with E-state index in [2.05, 4.69) is 30.2 Å². The van der Waals surface area contributed by atoms with Crippen LogP contribution >= 0.6 is 0 Å². The number of aryl methyl sites for hydroxylation is 1. The number of aromatic nitrogens is 7. The van der Waals surface area contributed by atoms with Gasteiger partial charge in [0.1, 0.15) is 5.52 Å². The topological polar surface area (TPSA) is 172 Å². The van der Waals surface area contributed by atoms with Crippen molar-refractivity contribution in [2.75, 3.05) is 16.8 Å². The molecule has 13 heteroatoms. The lowest BCUT2D eigenvalue weighted by Gasteiger charge is -2.19. The Morgan fingerprint density at radius 2 is 1.85 bits per heavy atom. The molecule has 3 N–H and O–H groups in total. The Morgan fingerprint density at radius 1 is 1.07 bits per heavy atom. The van der Waals surface area contributed by atoms with Gasteiger partial charge in [-0.15, -0.1) is 0 Å². The molecule has 12 nitrogen and oxygen atoms in total. The van der Waals surface area contributed by atoms with E-state index in [0.29, 0.717) is 40.2 Å². The predicted molar refractivity (Wildman–Crippen MR) is 150 cm³/mol. The maximum atomic E-state index is 13.8. The van der Waals surface area contributed by atoms with Crippen LogP contribution in [0.15, 0.2) is 34.2 Å². The van der Waals surface area contributed by atoms with E-state index in [1.165, 1.54) is 12.3 Å². The van der Waals surface area contributed by atoms with E-state index < -0.39 is 9.84 Å². The van der Waals surface area contributed by atoms with Gasteiger partial charge in [-0.05, 0) is 57.6 Å². The highest BCUT2D eigenvalue weighted by Gasteiger charge is 2.33. The summed E-state index contributed by atoms with van der Waals surface area (Å²) in [5.41, 5.74) is 9.51. The Morgan fingerprint density at radius 3 is 2.50 bits per heavy atom. The average molecular weight is 562 g/mol. The number of sulfone groups is 1. The van der Waals surface area contributed by atoms with E-state index in [0.717, 1.165) is 36.9 Å². The summed E-state index contributed by atoms with van der Waals surface area (Å²) in [5, 5.41) is 3.10. The van der Waals surface area contributed by atoms with Crippen LogP contribution in [0, 0.1) is 12.8 Å². The summed E-state index contributed by atoms with van der Waals surface area (Å²) in [6.07, 6.45) is 7.13. The molecule has 40 heavy (non-hydrogen) atoms. The fourth-order valence-corrected chi connectivity index (χ4v) is 5.81. The van der Waals surface area contributed by atoms with Gasteiger partial charge < -0.3 is 11.1 Å². The van der Waals surface area contributed by atoms with Crippen LogP contribution in [0.4, 0.5) is 11.8 Å². The highest BCUT2D eigenvalue weighted by Crippen LogP contribution is 2.44. The zero-order valence-electron chi connectivity index (χ0n) is 22.6. The maximum absolute atomic E-state index is 13.8. The first kappa shape index (κ1) is 26.2. The zero-order chi connectivity index (χ0) is 28.2. The van der Waals surface area contributed by atoms with Crippen LogP contribution in [0.1, 0.15) is 68.6 Å². The van der Waals surface area contributed by atoms with Crippen molar-refractivity contribution in [3.8, 4) is 11.4 Å². The largest absolute Gasteiger partial charge is 0.368 e. The van der Waals surface area contributed by atoms with Crippen molar-refractivity contribution in [1.82, 2.24) is 34.5 Å². The number of hydrogen-bond acceptors (Lipinski definition) is 11. The summed E-state index contributed by atoms with van der Waals surface area (Å²) in [7, 11) is -3.34. The minimum Gasteiger partial charge on any atom is -0.368 e. The lowest BCUT2D eigenvalue weighted by Crippen LogP contribution is -2.29. The Labute approximate surface area is 231 Å². The summed E-state index contributed by atoms with van der Waals surface area (Å²) in [6, 6.07) is 3.08. The first-order valence-corrected chi connectivity index (χ1v) is 15.2. The number of nitrogens with one attached hydrogen (secondary N) is 1. The van der Waals surface area contributed by atoms with Crippen LogP contribution in [0.2, 0.25) is 0 Å². The molecule has 0 bridgehead atoms. The molecule has 4 aromatic rings. The second-order valence-corrected chi connectivity index (χ2v) is 12.8. The normalized spacial score (nSPS) is 16.3. The van der Waals surface area contributed by atoms with E-state index in [-0.39, 0.29) is 40.6 Å². The SMILES string of the molecule is CCS(=O)(=O)c1ccc(CNc2nc3cnc(-c4c(C)nc(N)nc4C4CC4)nc3n(C(C)C3CC3)c2=O)nc1. The van der Waals surface area contributed by atoms with Gasteiger partial charge in [-0.3, -0.25) is 14.3 Å². The van der Waals surface area contributed by atoms with Gasteiger partial charge in [0.05, 0.1) is 46.0 Å². The van der Waals surface area contributed by atoms with Crippen molar-refractivity contribution in [3.05, 3.63) is 52.0 Å². The van der Waals surface area contributed by atoms with Gasteiger partial charge in [0, 0.05) is 18.2 Å². The Bertz CT molecular complexity index is 1780. The second-order valence-electron chi connectivity index (χ2n) is 10.6. The molecule has 1 atom stereocenters. The van der Waals surface area contributed by atoms with Gasteiger partial charge in [-0.1, -0.05) is 6.92 Å². The Kier molecular flexibility index (Phi) is 6.48. The third-order valence-electron chi connectivity index (χ3n) is 7.64. The quantitative estimate of drug-likeness (QED) is 0.307.